The van der Waals surface area contributed by atoms with Gasteiger partial charge in [0, 0.05) is 16.5 Å². The molecule has 0 unspecified atom stereocenters. The predicted molar refractivity (Wildman–Crippen MR) is 132 cm³/mol. The number of hydrogen-bond donors (Lipinski definition) is 1. The minimum absolute atomic E-state index is 0.000806. The van der Waals surface area contributed by atoms with Crippen LogP contribution in [-0.2, 0) is 9.53 Å². The standard InChI is InChI=1S/C26H26FNO5S/c1-15(2)33-20-12-6-17(14-21(20)31-4)7-13-22(29)28-25-24(26(30)32-5)23(16(3)34-25)18-8-10-19(27)11-9-18/h6-15H,1-5H3,(H,28,29)/b13-7+. The number of nitrogens with one attached hydrogen (secondary N) is 1. The summed E-state index contributed by atoms with van der Waals surface area (Å²) in [6.45, 7) is 5.68. The van der Waals surface area contributed by atoms with Gasteiger partial charge < -0.3 is 19.5 Å². The monoisotopic (exact) mass is 483 g/mol. The number of thiophene rings is 1. The summed E-state index contributed by atoms with van der Waals surface area (Å²) in [5.41, 5.74) is 2.23. The van der Waals surface area contributed by atoms with E-state index in [4.69, 9.17) is 14.2 Å². The van der Waals surface area contributed by atoms with E-state index in [2.05, 4.69) is 5.32 Å². The van der Waals surface area contributed by atoms with Crippen molar-refractivity contribution in [2.24, 2.45) is 0 Å². The number of hydrogen-bond acceptors (Lipinski definition) is 6. The van der Waals surface area contributed by atoms with Crippen LogP contribution >= 0.6 is 11.3 Å². The van der Waals surface area contributed by atoms with Gasteiger partial charge in [-0.25, -0.2) is 9.18 Å². The molecule has 3 rings (SSSR count). The molecule has 0 radical (unpaired) electrons. The second-order valence-corrected chi connectivity index (χ2v) is 8.86. The molecular weight excluding hydrogens is 457 g/mol. The molecule has 1 aromatic heterocycles. The quantitative estimate of drug-likeness (QED) is 0.310. The second-order valence-electron chi connectivity index (χ2n) is 7.64. The summed E-state index contributed by atoms with van der Waals surface area (Å²) in [5, 5.41) is 3.12. The van der Waals surface area contributed by atoms with Crippen molar-refractivity contribution in [3.8, 4) is 22.6 Å². The van der Waals surface area contributed by atoms with Crippen LogP contribution in [-0.4, -0.2) is 32.2 Å². The van der Waals surface area contributed by atoms with Gasteiger partial charge in [0.2, 0.25) is 5.91 Å². The molecule has 0 spiro atoms. The molecule has 0 aliphatic carbocycles. The van der Waals surface area contributed by atoms with Crippen molar-refractivity contribution in [2.45, 2.75) is 26.9 Å². The first-order valence-corrected chi connectivity index (χ1v) is 11.4. The van der Waals surface area contributed by atoms with Crippen LogP contribution in [0.4, 0.5) is 9.39 Å². The van der Waals surface area contributed by atoms with Crippen molar-refractivity contribution in [1.29, 1.82) is 0 Å². The highest BCUT2D eigenvalue weighted by atomic mass is 32.1. The van der Waals surface area contributed by atoms with Crippen molar-refractivity contribution in [3.05, 3.63) is 70.4 Å². The van der Waals surface area contributed by atoms with Crippen LogP contribution in [0.2, 0.25) is 0 Å². The minimum atomic E-state index is -0.589. The molecule has 178 valence electrons. The van der Waals surface area contributed by atoms with Crippen LogP contribution in [0.3, 0.4) is 0 Å². The fourth-order valence-electron chi connectivity index (χ4n) is 3.36. The molecule has 1 N–H and O–H groups in total. The molecule has 0 bridgehead atoms. The highest BCUT2D eigenvalue weighted by Crippen LogP contribution is 2.40. The zero-order valence-electron chi connectivity index (χ0n) is 19.6. The van der Waals surface area contributed by atoms with Gasteiger partial charge in [0.25, 0.3) is 0 Å². The van der Waals surface area contributed by atoms with Crippen LogP contribution in [0.5, 0.6) is 11.5 Å². The Morgan fingerprint density at radius 3 is 2.38 bits per heavy atom. The third-order valence-corrected chi connectivity index (χ3v) is 5.84. The Balaban J connectivity index is 1.86. The van der Waals surface area contributed by atoms with Crippen molar-refractivity contribution in [1.82, 2.24) is 0 Å². The van der Waals surface area contributed by atoms with Crippen molar-refractivity contribution in [2.75, 3.05) is 19.5 Å². The number of anilines is 1. The molecular formula is C26H26FNO5S. The van der Waals surface area contributed by atoms with Gasteiger partial charge in [0.1, 0.15) is 16.4 Å². The van der Waals surface area contributed by atoms with Gasteiger partial charge in [-0.3, -0.25) is 4.79 Å². The number of rotatable bonds is 8. The number of amides is 1. The third kappa shape index (κ3) is 5.82. The Hall–Kier alpha value is -3.65. The summed E-state index contributed by atoms with van der Waals surface area (Å²) >= 11 is 1.25. The first kappa shape index (κ1) is 25.0. The lowest BCUT2D eigenvalue weighted by molar-refractivity contribution is -0.111. The Morgan fingerprint density at radius 1 is 1.06 bits per heavy atom. The van der Waals surface area contributed by atoms with E-state index in [1.54, 1.807) is 37.5 Å². The van der Waals surface area contributed by atoms with Gasteiger partial charge in [-0.05, 0) is 62.2 Å². The second kappa shape index (κ2) is 11.0. The van der Waals surface area contributed by atoms with Gasteiger partial charge in [-0.2, -0.15) is 0 Å². The van der Waals surface area contributed by atoms with Crippen molar-refractivity contribution < 1.29 is 28.2 Å². The molecule has 0 saturated heterocycles. The summed E-state index contributed by atoms with van der Waals surface area (Å²) in [7, 11) is 2.82. The minimum Gasteiger partial charge on any atom is -0.493 e. The summed E-state index contributed by atoms with van der Waals surface area (Å²) in [6.07, 6.45) is 3.00. The number of halogens is 1. The number of aryl methyl sites for hydroxylation is 1. The molecule has 34 heavy (non-hydrogen) atoms. The molecule has 1 amide bonds. The summed E-state index contributed by atoms with van der Waals surface area (Å²) in [5.74, 6) is -0.214. The van der Waals surface area contributed by atoms with Gasteiger partial charge in [0.05, 0.1) is 20.3 Å². The molecule has 3 aromatic rings. The SMILES string of the molecule is COC(=O)c1c(NC(=O)/C=C/c2ccc(OC(C)C)c(OC)c2)sc(C)c1-c1ccc(F)cc1. The first-order chi connectivity index (χ1) is 16.2. The van der Waals surface area contributed by atoms with Gasteiger partial charge in [-0.15, -0.1) is 11.3 Å². The molecule has 1 heterocycles. The lowest BCUT2D eigenvalue weighted by Crippen LogP contribution is -2.11. The van der Waals surface area contributed by atoms with Gasteiger partial charge in [-0.1, -0.05) is 18.2 Å². The highest BCUT2D eigenvalue weighted by molar-refractivity contribution is 7.17. The van der Waals surface area contributed by atoms with E-state index in [0.717, 1.165) is 10.4 Å². The molecule has 8 heteroatoms. The van der Waals surface area contributed by atoms with Crippen LogP contribution in [0, 0.1) is 12.7 Å². The number of ether oxygens (including phenoxy) is 3. The molecule has 0 saturated carbocycles. The average Bonchev–Trinajstić information content (AvgIpc) is 3.13. The Bertz CT molecular complexity index is 1210. The summed E-state index contributed by atoms with van der Waals surface area (Å²) in [6, 6.07) is 11.2. The normalized spacial score (nSPS) is 11.0. The zero-order valence-corrected chi connectivity index (χ0v) is 20.4. The number of methoxy groups -OCH3 is 2. The lowest BCUT2D eigenvalue weighted by atomic mass is 10.0. The number of benzene rings is 2. The topological polar surface area (TPSA) is 73.9 Å². The van der Waals surface area contributed by atoms with Crippen LogP contribution < -0.4 is 14.8 Å². The Morgan fingerprint density at radius 2 is 1.76 bits per heavy atom. The molecule has 0 aliphatic heterocycles. The zero-order chi connectivity index (χ0) is 24.8. The third-order valence-electron chi connectivity index (χ3n) is 4.82. The molecule has 0 fully saturated rings. The average molecular weight is 484 g/mol. The number of carbonyl (C=O) groups is 2. The summed E-state index contributed by atoms with van der Waals surface area (Å²) < 4.78 is 29.4. The maximum Gasteiger partial charge on any atom is 0.341 e. The van der Waals surface area contributed by atoms with Gasteiger partial charge >= 0.3 is 5.97 Å². The predicted octanol–water partition coefficient (Wildman–Crippen LogP) is 6.10. The highest BCUT2D eigenvalue weighted by Gasteiger charge is 2.24. The maximum atomic E-state index is 13.4. The van der Waals surface area contributed by atoms with E-state index in [-0.39, 0.29) is 17.5 Å². The van der Waals surface area contributed by atoms with Crippen molar-refractivity contribution in [3.63, 3.8) is 0 Å². The Labute approximate surface area is 202 Å². The first-order valence-electron chi connectivity index (χ1n) is 10.5. The van der Waals surface area contributed by atoms with Crippen LogP contribution in [0.15, 0.2) is 48.5 Å². The maximum absolute atomic E-state index is 13.4. The van der Waals surface area contributed by atoms with Gasteiger partial charge in [0.15, 0.2) is 11.5 Å². The van der Waals surface area contributed by atoms with Crippen LogP contribution in [0.1, 0.15) is 34.6 Å². The molecule has 6 nitrogen and oxygen atoms in total. The van der Waals surface area contributed by atoms with E-state index in [1.807, 2.05) is 26.8 Å². The smallest absolute Gasteiger partial charge is 0.341 e. The van der Waals surface area contributed by atoms with Crippen LogP contribution in [0.25, 0.3) is 17.2 Å². The van der Waals surface area contributed by atoms with E-state index >= 15 is 0 Å². The molecule has 2 aromatic carbocycles. The fraction of sp³-hybridized carbons (Fsp3) is 0.231. The lowest BCUT2D eigenvalue weighted by Gasteiger charge is -2.13. The summed E-state index contributed by atoms with van der Waals surface area (Å²) in [4.78, 5) is 26.0. The number of carbonyl (C=O) groups excluding carboxylic acids is 2. The Kier molecular flexibility index (Phi) is 8.07. The van der Waals surface area contributed by atoms with E-state index in [9.17, 15) is 14.0 Å². The largest absolute Gasteiger partial charge is 0.493 e. The molecule has 0 atom stereocenters. The number of esters is 1. The van der Waals surface area contributed by atoms with Crippen molar-refractivity contribution >= 4 is 34.3 Å². The van der Waals surface area contributed by atoms with E-state index < -0.39 is 11.9 Å². The molecule has 0 aliphatic rings. The van der Waals surface area contributed by atoms with E-state index in [1.165, 1.54) is 36.7 Å². The van der Waals surface area contributed by atoms with E-state index in [0.29, 0.717) is 27.6 Å². The fourth-order valence-corrected chi connectivity index (χ4v) is 4.43.